The third-order valence-electron chi connectivity index (χ3n) is 12.6. The molecule has 0 saturated heterocycles. The van der Waals surface area contributed by atoms with E-state index in [0.29, 0.717) is 84.1 Å². The summed E-state index contributed by atoms with van der Waals surface area (Å²) in [5, 5.41) is 30.7. The van der Waals surface area contributed by atoms with E-state index in [1.165, 1.54) is 11.8 Å². The van der Waals surface area contributed by atoms with Crippen LogP contribution < -0.4 is 21.3 Å². The molecule has 1 unspecified atom stereocenters. The molecule has 82 heavy (non-hydrogen) atoms. The summed E-state index contributed by atoms with van der Waals surface area (Å²) >= 11 is 1.45. The Morgan fingerprint density at radius 1 is 0.988 bits per heavy atom. The van der Waals surface area contributed by atoms with Crippen molar-refractivity contribution >= 4 is 76.1 Å². The maximum atomic E-state index is 13.1. The molecule has 0 aliphatic carbocycles. The smallest absolute Gasteiger partial charge is 0.508 e. The van der Waals surface area contributed by atoms with Gasteiger partial charge in [0.2, 0.25) is 29.7 Å². The number of aldehydes is 1. The first kappa shape index (κ1) is 60.9. The Bertz CT molecular complexity index is 3310. The molecule has 3 aromatic heterocycles. The van der Waals surface area contributed by atoms with Crippen LogP contribution in [0.3, 0.4) is 0 Å². The average Bonchev–Trinajstić information content (AvgIpc) is 4.11. The molecule has 0 radical (unpaired) electrons. The molecule has 5 aromatic rings. The van der Waals surface area contributed by atoms with Crippen molar-refractivity contribution in [1.29, 1.82) is 0 Å². The fraction of sp³-hybridized carbons (Fsp3) is 0.404. The van der Waals surface area contributed by atoms with E-state index in [1.54, 1.807) is 85.7 Å². The lowest BCUT2D eigenvalue weighted by Gasteiger charge is -2.32. The van der Waals surface area contributed by atoms with Gasteiger partial charge >= 0.3 is 12.1 Å². The van der Waals surface area contributed by atoms with Gasteiger partial charge in [0.1, 0.15) is 44.2 Å². The number of aromatic hydroxyl groups is 1. The van der Waals surface area contributed by atoms with Crippen LogP contribution in [0, 0.1) is 11.8 Å². The Labute approximate surface area is 477 Å². The van der Waals surface area contributed by atoms with E-state index in [2.05, 4.69) is 53.4 Å². The van der Waals surface area contributed by atoms with Crippen molar-refractivity contribution in [2.24, 2.45) is 0 Å². The Balaban J connectivity index is 0.768. The molecule has 7 rings (SSSR count). The number of carbonyl (C=O) groups is 7. The van der Waals surface area contributed by atoms with Gasteiger partial charge in [0.25, 0.3) is 0 Å². The molecule has 24 nitrogen and oxygen atoms in total. The number of esters is 1. The number of fused-ring (bicyclic) bond motifs is 2. The van der Waals surface area contributed by atoms with Crippen molar-refractivity contribution in [2.75, 3.05) is 51.6 Å². The second-order valence-corrected chi connectivity index (χ2v) is 21.2. The number of benzene rings is 2. The highest BCUT2D eigenvalue weighted by Crippen LogP contribution is 2.39. The molecule has 25 heteroatoms. The van der Waals surface area contributed by atoms with E-state index < -0.39 is 66.8 Å². The largest absolute Gasteiger partial charge is 0.509 e. The highest BCUT2D eigenvalue weighted by atomic mass is 32.2. The molecule has 2 aliphatic heterocycles. The predicted octanol–water partition coefficient (Wildman–Crippen LogP) is 4.47. The minimum atomic E-state index is -1.62. The van der Waals surface area contributed by atoms with Crippen molar-refractivity contribution in [3.05, 3.63) is 112 Å². The highest BCUT2D eigenvalue weighted by molar-refractivity contribution is 7.98. The van der Waals surface area contributed by atoms with Crippen LogP contribution in [-0.2, 0) is 85.1 Å². The van der Waals surface area contributed by atoms with Crippen LogP contribution >= 0.6 is 11.8 Å². The SMILES string of the molecule is CCc1c2c(nc3ccc(O)cc13)/C(=C/C1=C(C=O)COC(=O)C1OC(=O)OCc1ccc(NC(=O)CNC(=O)COCC(=O)NC(C)(C)COC(C)(C)Cn3cc(CNC(=O)CCCC#Cc4cnc(SC)nc4)nn3)cc1)N(C)C2. The number of phenolic OH excluding ortho intramolecular Hbond substituents is 1. The summed E-state index contributed by atoms with van der Waals surface area (Å²) in [6.45, 7) is 8.49. The topological polar surface area (TPSA) is 307 Å². The summed E-state index contributed by atoms with van der Waals surface area (Å²) < 4.78 is 29.0. The molecule has 1 atom stereocenters. The predicted molar refractivity (Wildman–Crippen MR) is 299 cm³/mol. The maximum Gasteiger partial charge on any atom is 0.509 e. The third kappa shape index (κ3) is 17.4. The van der Waals surface area contributed by atoms with E-state index in [1.807, 2.05) is 39.0 Å². The Morgan fingerprint density at radius 3 is 2.48 bits per heavy atom. The highest BCUT2D eigenvalue weighted by Gasteiger charge is 2.37. The molecule has 2 aliphatic rings. The number of rotatable bonds is 25. The summed E-state index contributed by atoms with van der Waals surface area (Å²) in [7, 11) is 1.83. The fourth-order valence-corrected chi connectivity index (χ4v) is 8.93. The van der Waals surface area contributed by atoms with Gasteiger partial charge in [-0.15, -0.1) is 5.10 Å². The molecule has 0 fully saturated rings. The van der Waals surface area contributed by atoms with Crippen LogP contribution in [0.1, 0.15) is 87.5 Å². The Morgan fingerprint density at radius 2 is 1.74 bits per heavy atom. The zero-order chi connectivity index (χ0) is 59.0. The van der Waals surface area contributed by atoms with Crippen LogP contribution in [0.25, 0.3) is 16.6 Å². The molecule has 5 N–H and O–H groups in total. The molecule has 5 heterocycles. The normalized spacial score (nSPS) is 14.6. The lowest BCUT2D eigenvalue weighted by atomic mass is 9.97. The number of carbonyl (C=O) groups excluding carboxylic acids is 7. The van der Waals surface area contributed by atoms with Crippen molar-refractivity contribution < 1.29 is 62.4 Å². The quantitative estimate of drug-likeness (QED) is 0.0134. The number of cyclic esters (lactones) is 1. The average molecular weight is 1140 g/mol. The van der Waals surface area contributed by atoms with Crippen LogP contribution in [0.5, 0.6) is 5.75 Å². The van der Waals surface area contributed by atoms with Crippen LogP contribution in [0.4, 0.5) is 10.5 Å². The number of nitrogens with zero attached hydrogens (tertiary/aromatic N) is 7. The lowest BCUT2D eigenvalue weighted by molar-refractivity contribution is -0.153. The number of aryl methyl sites for hydroxylation is 1. The number of pyridine rings is 1. The number of hydrogen-bond donors (Lipinski definition) is 5. The van der Waals surface area contributed by atoms with E-state index in [0.717, 1.165) is 22.1 Å². The number of aromatic nitrogens is 6. The number of hydrogen-bond acceptors (Lipinski definition) is 20. The monoisotopic (exact) mass is 1140 g/mol. The summed E-state index contributed by atoms with van der Waals surface area (Å²) in [4.78, 5) is 104. The van der Waals surface area contributed by atoms with E-state index in [-0.39, 0.29) is 49.2 Å². The third-order valence-corrected chi connectivity index (χ3v) is 13.2. The molecular weight excluding hydrogens is 1080 g/mol. The van der Waals surface area contributed by atoms with E-state index in [9.17, 15) is 38.7 Å². The summed E-state index contributed by atoms with van der Waals surface area (Å²) in [5.74, 6) is 3.46. The molecule has 0 bridgehead atoms. The standard InChI is InChI=1S/C57H65N11O13S/c1-8-41-43-20-40(70)18-19-45(43)63-51-44(41)27-67(6)46(51)21-42-37(28-69)30-78-53(75)52(42)81-55(76)79-29-35-14-16-38(17-15-35)62-48(72)25-59-49(73)31-77-32-50(74)64-56(2,3)34-80-57(4,5)33-68-26-39(65-66-68)24-58-47(71)13-11-9-10-12-36-22-60-54(82-7)61-23-36/h14-23,26,28,52,70H,8-9,11,13,24-25,27,29-34H2,1-7H3,(H,58,71)(H,59,73)(H,62,72)(H,64,74)/b46-21-. The van der Waals surface area contributed by atoms with Gasteiger partial charge < -0.3 is 55.0 Å². The molecule has 432 valence electrons. The van der Waals surface area contributed by atoms with Crippen LogP contribution in [-0.4, -0.2) is 146 Å². The molecule has 0 saturated carbocycles. The number of unbranched alkanes of at least 4 members (excludes halogenated alkanes) is 1. The number of amides is 4. The fourth-order valence-electron chi connectivity index (χ4n) is 8.61. The first-order valence-electron chi connectivity index (χ1n) is 26.2. The van der Waals surface area contributed by atoms with Gasteiger partial charge in [0.05, 0.1) is 66.0 Å². The summed E-state index contributed by atoms with van der Waals surface area (Å²) in [6.07, 6.45) is 8.41. The van der Waals surface area contributed by atoms with Gasteiger partial charge in [-0.05, 0) is 94.3 Å². The van der Waals surface area contributed by atoms with Crippen molar-refractivity contribution in [2.45, 2.75) is 109 Å². The molecule has 4 amide bonds. The van der Waals surface area contributed by atoms with Gasteiger partial charge in [-0.3, -0.25) is 24.0 Å². The zero-order valence-electron chi connectivity index (χ0n) is 46.6. The minimum absolute atomic E-state index is 0.0953. The Hall–Kier alpha value is -8.73. The van der Waals surface area contributed by atoms with Gasteiger partial charge in [0, 0.05) is 66.6 Å². The molecular formula is C57H65N11O13S. The van der Waals surface area contributed by atoms with Crippen molar-refractivity contribution in [1.82, 2.24) is 50.8 Å². The van der Waals surface area contributed by atoms with Gasteiger partial charge in [0.15, 0.2) is 5.16 Å². The van der Waals surface area contributed by atoms with Crippen LogP contribution in [0.2, 0.25) is 0 Å². The van der Waals surface area contributed by atoms with E-state index in [4.69, 9.17) is 28.7 Å². The number of nitrogens with one attached hydrogen (secondary N) is 4. The second kappa shape index (κ2) is 28.1. The van der Waals surface area contributed by atoms with Crippen molar-refractivity contribution in [3.8, 4) is 17.6 Å². The number of anilines is 1. The van der Waals surface area contributed by atoms with Crippen LogP contribution in [0.15, 0.2) is 83.4 Å². The second-order valence-electron chi connectivity index (χ2n) is 20.4. The lowest BCUT2D eigenvalue weighted by Crippen LogP contribution is -2.50. The number of phenols is 1. The molecule has 0 spiro atoms. The minimum Gasteiger partial charge on any atom is -0.508 e. The number of thioether (sulfide) groups is 1. The number of ether oxygens (including phenoxy) is 5. The van der Waals surface area contributed by atoms with Gasteiger partial charge in [-0.1, -0.05) is 47.9 Å². The summed E-state index contributed by atoms with van der Waals surface area (Å²) in [5.41, 5.74) is 4.62. The van der Waals surface area contributed by atoms with Gasteiger partial charge in [-0.25, -0.2) is 29.2 Å². The van der Waals surface area contributed by atoms with E-state index >= 15 is 0 Å². The first-order chi connectivity index (χ1) is 39.2. The maximum absolute atomic E-state index is 13.1. The first-order valence-corrected chi connectivity index (χ1v) is 27.4. The van der Waals surface area contributed by atoms with Gasteiger partial charge in [-0.2, -0.15) is 0 Å². The molecule has 2 aromatic carbocycles. The Kier molecular flexibility index (Phi) is 20.9. The van der Waals surface area contributed by atoms with Crippen molar-refractivity contribution in [3.63, 3.8) is 0 Å². The zero-order valence-corrected chi connectivity index (χ0v) is 47.4. The summed E-state index contributed by atoms with van der Waals surface area (Å²) in [6, 6.07) is 11.2.